The molecule has 1 aromatic heterocycles. The number of likely N-dealkylation sites (N-methyl/N-ethyl adjacent to an activating group) is 1. The zero-order valence-electron chi connectivity index (χ0n) is 44.1. The second-order valence-corrected chi connectivity index (χ2v) is 23.3. The number of carbonyl (C=O) groups is 5. The van der Waals surface area contributed by atoms with E-state index in [-0.39, 0.29) is 36.7 Å². The van der Waals surface area contributed by atoms with Crippen molar-refractivity contribution in [1.29, 1.82) is 0 Å². The number of esters is 1. The Morgan fingerprint density at radius 1 is 1.07 bits per heavy atom. The number of benzene rings is 1. The van der Waals surface area contributed by atoms with E-state index in [1.807, 2.05) is 27.7 Å². The Hall–Kier alpha value is -4.94. The number of morpholine rings is 1. The zero-order valence-corrected chi connectivity index (χ0v) is 45.3. The monoisotopic (exact) mass is 998 g/mol. The number of aryl methyl sites for hydroxylation is 1. The number of nitrogens with one attached hydrogen (secondary N) is 4. The minimum Gasteiger partial charge on any atom is -0.464 e. The van der Waals surface area contributed by atoms with Gasteiger partial charge in [-0.05, 0) is 101 Å². The van der Waals surface area contributed by atoms with E-state index in [0.29, 0.717) is 71.4 Å². The molecule has 0 saturated carbocycles. The summed E-state index contributed by atoms with van der Waals surface area (Å²) in [4.78, 5) is 76.6. The number of cyclic esters (lactones) is 1. The summed E-state index contributed by atoms with van der Waals surface area (Å²) in [7, 11) is 6.15. The molecule has 3 unspecified atom stereocenters. The molecule has 5 atom stereocenters. The summed E-state index contributed by atoms with van der Waals surface area (Å²) in [5.41, 5.74) is 9.15. The summed E-state index contributed by atoms with van der Waals surface area (Å²) in [6.07, 6.45) is 6.59. The maximum absolute atomic E-state index is 14.8. The van der Waals surface area contributed by atoms with Gasteiger partial charge in [-0.1, -0.05) is 59.6 Å². The van der Waals surface area contributed by atoms with Crippen molar-refractivity contribution in [2.75, 3.05) is 71.5 Å². The van der Waals surface area contributed by atoms with Crippen LogP contribution in [0.25, 0.3) is 16.5 Å². The Balaban J connectivity index is 1.19. The number of piperidine rings is 1. The number of amides is 4. The van der Waals surface area contributed by atoms with Gasteiger partial charge in [-0.25, -0.2) is 5.43 Å². The van der Waals surface area contributed by atoms with Crippen molar-refractivity contribution in [2.45, 2.75) is 142 Å². The number of ether oxygens (including phenoxy) is 2. The summed E-state index contributed by atoms with van der Waals surface area (Å²) in [6, 6.07) is 3.93. The fourth-order valence-electron chi connectivity index (χ4n) is 10.8. The van der Waals surface area contributed by atoms with Crippen LogP contribution >= 0.6 is 9.24 Å². The highest BCUT2D eigenvalue weighted by atomic mass is 31.0. The lowest BCUT2D eigenvalue weighted by molar-refractivity contribution is -0.156. The highest BCUT2D eigenvalue weighted by molar-refractivity contribution is 7.21. The smallest absolute Gasteiger partial charge is 0.324 e. The maximum Gasteiger partial charge on any atom is 0.324 e. The number of rotatable bonds is 9. The van der Waals surface area contributed by atoms with Crippen molar-refractivity contribution >= 4 is 61.0 Å². The number of dihydropyridines is 1. The predicted octanol–water partition coefficient (Wildman–Crippen LogP) is 4.61. The van der Waals surface area contributed by atoms with Crippen molar-refractivity contribution in [3.63, 3.8) is 0 Å². The van der Waals surface area contributed by atoms with E-state index in [2.05, 4.69) is 117 Å². The first-order chi connectivity index (χ1) is 33.6. The molecular weight excluding hydrogens is 918 g/mol. The number of carbonyl (C=O) groups excluding carboxylic acids is 5. The molecule has 6 bridgehead atoms. The van der Waals surface area contributed by atoms with Gasteiger partial charge in [0.25, 0.3) is 11.8 Å². The van der Waals surface area contributed by atoms with Gasteiger partial charge in [-0.2, -0.15) is 0 Å². The molecule has 16 nitrogen and oxygen atoms in total. The topological polar surface area (TPSA) is 170 Å². The van der Waals surface area contributed by atoms with Crippen LogP contribution in [0, 0.1) is 29.1 Å². The molecular formula is C54H80N9O7P. The summed E-state index contributed by atoms with van der Waals surface area (Å²) in [5, 5.41) is 11.5. The van der Waals surface area contributed by atoms with Crippen LogP contribution in [0.1, 0.15) is 106 Å². The SMILES string of the molecule is CCn1c(C2=C(C(C)C)NCC=C2)c2c3cc(ccc31)N1CCO[C@@H](CC(NC(=O)C(C(C)C)N(C)C(=O)C3(P)CCN(C(=O)C#CC(C)(C)NC)CC3)C(=O)N3CCC[C@H](N3)C(=O)OCC(C)(C)C2)C1. The molecule has 3 saturated heterocycles. The molecule has 0 radical (unpaired) electrons. The van der Waals surface area contributed by atoms with Gasteiger partial charge in [0.15, 0.2) is 0 Å². The van der Waals surface area contributed by atoms with Crippen molar-refractivity contribution in [3.8, 4) is 11.8 Å². The summed E-state index contributed by atoms with van der Waals surface area (Å²) >= 11 is 0. The first-order valence-electron chi connectivity index (χ1n) is 25.8. The summed E-state index contributed by atoms with van der Waals surface area (Å²) in [6.45, 7) is 22.7. The highest BCUT2D eigenvalue weighted by Crippen LogP contribution is 2.41. The molecule has 0 aliphatic carbocycles. The first-order valence-corrected chi connectivity index (χ1v) is 26.4. The minimum atomic E-state index is -1.05. The van der Waals surface area contributed by atoms with Gasteiger partial charge in [-0.15, -0.1) is 9.24 Å². The Morgan fingerprint density at radius 2 is 1.80 bits per heavy atom. The third kappa shape index (κ3) is 12.0. The fraction of sp³-hybridized carbons (Fsp3) is 0.648. The van der Waals surface area contributed by atoms with Gasteiger partial charge >= 0.3 is 5.97 Å². The fourth-order valence-corrected chi connectivity index (χ4v) is 11.3. The molecule has 7 rings (SSSR count). The second-order valence-electron chi connectivity index (χ2n) is 22.2. The van der Waals surface area contributed by atoms with Crippen molar-refractivity contribution in [2.24, 2.45) is 17.3 Å². The van der Waals surface area contributed by atoms with Crippen molar-refractivity contribution < 1.29 is 33.4 Å². The van der Waals surface area contributed by atoms with Gasteiger partial charge in [-0.3, -0.25) is 29.0 Å². The molecule has 5 aliphatic heterocycles. The third-order valence-corrected chi connectivity index (χ3v) is 15.8. The van der Waals surface area contributed by atoms with Gasteiger partial charge in [0.05, 0.1) is 35.7 Å². The highest BCUT2D eigenvalue weighted by Gasteiger charge is 2.45. The maximum atomic E-state index is 14.8. The standard InChI is InChI=1S/C54H80N9O7P/c1-12-62-43-18-17-36-29-39(43)40(47(62)38-15-13-23-56-45(38)34(2)3)31-52(6,7)33-70-50(67)41-16-14-24-63(58-41)49(66)42(30-37-32-61(36)27-28-69-37)57-48(65)46(35(4)5)59(11)51(68)54(71)21-25-60(26-22-54)44(64)19-20-53(8,9)55-10/h13,15,17-18,29,34-35,37,41-42,46,55-56,58H,12,14,16,21-28,30-33,71H2,1-11H3,(H,57,65)/t37-,41-,42?,46?/m0/s1. The van der Waals surface area contributed by atoms with Gasteiger partial charge in [0.2, 0.25) is 11.8 Å². The average molecular weight is 998 g/mol. The molecule has 17 heteroatoms. The number of likely N-dealkylation sites (tertiary alicyclic amines) is 1. The largest absolute Gasteiger partial charge is 0.464 e. The van der Waals surface area contributed by atoms with E-state index < -0.39 is 58.1 Å². The number of hydrogen-bond acceptors (Lipinski definition) is 11. The number of aromatic nitrogens is 1. The Morgan fingerprint density at radius 3 is 2.48 bits per heavy atom. The molecule has 71 heavy (non-hydrogen) atoms. The molecule has 4 N–H and O–H groups in total. The van der Waals surface area contributed by atoms with E-state index in [4.69, 9.17) is 9.47 Å². The number of fused-ring (bicyclic) bond motifs is 6. The predicted molar refractivity (Wildman–Crippen MR) is 282 cm³/mol. The molecule has 388 valence electrons. The Kier molecular flexibility index (Phi) is 16.7. The number of nitrogens with zero attached hydrogens (tertiary/aromatic N) is 5. The van der Waals surface area contributed by atoms with Crippen LogP contribution in [-0.4, -0.2) is 150 Å². The van der Waals surface area contributed by atoms with Crippen LogP contribution in [0.5, 0.6) is 0 Å². The van der Waals surface area contributed by atoms with Crippen LogP contribution in [0.15, 0.2) is 36.0 Å². The lowest BCUT2D eigenvalue weighted by Crippen LogP contribution is -2.63. The number of anilines is 1. The third-order valence-electron chi connectivity index (χ3n) is 15.0. The first kappa shape index (κ1) is 53.8. The molecule has 1 aromatic carbocycles. The van der Waals surface area contributed by atoms with E-state index in [1.165, 1.54) is 32.4 Å². The van der Waals surface area contributed by atoms with E-state index in [1.54, 1.807) is 19.0 Å². The van der Waals surface area contributed by atoms with E-state index >= 15 is 0 Å². The normalized spacial score (nSPS) is 23.4. The van der Waals surface area contributed by atoms with Gasteiger partial charge in [0.1, 0.15) is 18.1 Å². The number of hydrazine groups is 1. The molecule has 6 heterocycles. The lowest BCUT2D eigenvalue weighted by Gasteiger charge is -2.42. The molecule has 4 amide bonds. The Labute approximate surface area is 423 Å². The van der Waals surface area contributed by atoms with Crippen LogP contribution in [0.4, 0.5) is 5.69 Å². The minimum absolute atomic E-state index is 0.159. The summed E-state index contributed by atoms with van der Waals surface area (Å²) < 4.78 is 15.0. The van der Waals surface area contributed by atoms with Crippen molar-refractivity contribution in [3.05, 3.63) is 47.3 Å². The average Bonchev–Trinajstić information content (AvgIpc) is 3.65. The van der Waals surface area contributed by atoms with Crippen molar-refractivity contribution in [1.82, 2.24) is 40.8 Å². The van der Waals surface area contributed by atoms with Crippen LogP contribution in [-0.2, 0) is 46.4 Å². The molecule has 3 fully saturated rings. The zero-order chi connectivity index (χ0) is 51.6. The van der Waals surface area contributed by atoms with Gasteiger partial charge < -0.3 is 44.7 Å². The van der Waals surface area contributed by atoms with Crippen LogP contribution < -0.4 is 26.3 Å². The second kappa shape index (κ2) is 22.0. The van der Waals surface area contributed by atoms with Crippen LogP contribution in [0.2, 0.25) is 0 Å². The van der Waals surface area contributed by atoms with E-state index in [9.17, 15) is 24.0 Å². The quantitative estimate of drug-likeness (QED) is 0.157. The summed E-state index contributed by atoms with van der Waals surface area (Å²) in [5.74, 6) is 3.88. The molecule has 0 spiro atoms. The number of hydrogen-bond donors (Lipinski definition) is 4. The Bertz CT molecular complexity index is 2470. The lowest BCUT2D eigenvalue weighted by atomic mass is 9.83. The molecule has 5 aliphatic rings. The van der Waals surface area contributed by atoms with E-state index in [0.717, 1.165) is 29.7 Å². The van der Waals surface area contributed by atoms with Gasteiger partial charge in [0, 0.05) is 92.6 Å². The molecule has 2 aromatic rings. The number of allylic oxidation sites excluding steroid dienone is 3. The van der Waals surface area contributed by atoms with Crippen LogP contribution in [0.3, 0.4) is 0 Å².